The van der Waals surface area contributed by atoms with Gasteiger partial charge in [0.25, 0.3) is 21.9 Å². The molecule has 81 heavy (non-hydrogen) atoms. The van der Waals surface area contributed by atoms with Gasteiger partial charge in [0, 0.05) is 83.7 Å². The lowest BCUT2D eigenvalue weighted by molar-refractivity contribution is -0.134. The molecule has 0 aliphatic carbocycles. The molecule has 4 amide bonds. The number of benzene rings is 2. The first-order valence-electron chi connectivity index (χ1n) is 24.3. The second-order valence-electron chi connectivity index (χ2n) is 17.8. The van der Waals surface area contributed by atoms with Crippen LogP contribution in [0.3, 0.4) is 0 Å². The van der Waals surface area contributed by atoms with E-state index in [-0.39, 0.29) is 66.9 Å². The number of aromatic nitrogens is 4. The number of hydrogen-bond acceptors (Lipinski definition) is 19. The van der Waals surface area contributed by atoms with Crippen molar-refractivity contribution in [2.45, 2.75) is 74.6 Å². The molecule has 4 aromatic heterocycles. The van der Waals surface area contributed by atoms with E-state index in [0.717, 1.165) is 33.4 Å². The Balaban J connectivity index is 0.802. The molecule has 29 heteroatoms. The van der Waals surface area contributed by atoms with Gasteiger partial charge in [-0.25, -0.2) is 35.8 Å². The number of nitrogens with zero attached hydrogens (tertiary/aromatic N) is 6. The summed E-state index contributed by atoms with van der Waals surface area (Å²) in [5, 5.41) is 37.1. The fourth-order valence-electron chi connectivity index (χ4n) is 7.96. The van der Waals surface area contributed by atoms with Gasteiger partial charge in [-0.3, -0.25) is 38.9 Å². The van der Waals surface area contributed by atoms with Crippen LogP contribution in [0.1, 0.15) is 47.9 Å². The number of sulfonamides is 1. The molecule has 5 heterocycles. The first-order chi connectivity index (χ1) is 38.6. The van der Waals surface area contributed by atoms with Gasteiger partial charge in [-0.2, -0.15) is 5.26 Å². The van der Waals surface area contributed by atoms with Crippen LogP contribution in [0.4, 0.5) is 28.0 Å². The topological polar surface area (TPSA) is 314 Å². The third-order valence-corrected chi connectivity index (χ3v) is 15.8. The summed E-state index contributed by atoms with van der Waals surface area (Å²) in [7, 11) is -0.879. The van der Waals surface area contributed by atoms with Crippen molar-refractivity contribution in [3.8, 4) is 34.2 Å². The van der Waals surface area contributed by atoms with Crippen molar-refractivity contribution in [3.63, 3.8) is 0 Å². The third-order valence-electron chi connectivity index (χ3n) is 12.0. The molecular weight excluding hydrogens is 1130 g/mol. The van der Waals surface area contributed by atoms with Crippen LogP contribution in [0.5, 0.6) is 5.88 Å². The number of methoxy groups -OCH3 is 1. The molecule has 7 rings (SSSR count). The summed E-state index contributed by atoms with van der Waals surface area (Å²) < 4.78 is 99.8. The van der Waals surface area contributed by atoms with Gasteiger partial charge in [0.15, 0.2) is 6.29 Å². The van der Waals surface area contributed by atoms with Crippen molar-refractivity contribution < 1.29 is 74.4 Å². The number of hydrogen-bond donors (Lipinski definition) is 6. The molecule has 22 nitrogen and oxygen atoms in total. The van der Waals surface area contributed by atoms with Crippen molar-refractivity contribution in [3.05, 3.63) is 126 Å². The van der Waals surface area contributed by atoms with Gasteiger partial charge in [0.1, 0.15) is 47.5 Å². The summed E-state index contributed by atoms with van der Waals surface area (Å²) in [5.41, 5.74) is 3.71. The van der Waals surface area contributed by atoms with Gasteiger partial charge in [-0.1, -0.05) is 33.7 Å². The zero-order chi connectivity index (χ0) is 58.4. The quantitative estimate of drug-likeness (QED) is 0.0140. The number of aliphatic hydroxyl groups is 2. The van der Waals surface area contributed by atoms with E-state index < -0.39 is 99.6 Å². The van der Waals surface area contributed by atoms with Crippen molar-refractivity contribution in [1.29, 1.82) is 5.26 Å². The van der Waals surface area contributed by atoms with Crippen LogP contribution in [0.15, 0.2) is 102 Å². The molecule has 0 saturated carbocycles. The summed E-state index contributed by atoms with van der Waals surface area (Å²) in [4.78, 5) is 80.4. The smallest absolute Gasteiger partial charge is 0.480 e. The fraction of sp³-hybridized carbons (Fsp3) is 0.308. The average molecular weight is 1180 g/mol. The molecule has 1 aliphatic heterocycles. The van der Waals surface area contributed by atoms with Crippen molar-refractivity contribution >= 4 is 78.0 Å². The number of carbonyl (C=O) groups is 5. The number of likely N-dealkylation sites (tertiary alicyclic amines) is 1. The highest BCUT2D eigenvalue weighted by molar-refractivity contribution is 8.76. The number of fused-ring (bicyclic) bond motifs is 1. The van der Waals surface area contributed by atoms with Gasteiger partial charge in [0.05, 0.1) is 49.2 Å². The number of ether oxygens (including phenoxy) is 3. The minimum atomic E-state index is -4.53. The monoisotopic (exact) mass is 1180 g/mol. The molecule has 426 valence electrons. The largest absolute Gasteiger partial charge is 0.508 e. The number of rotatable bonds is 24. The first-order valence-corrected chi connectivity index (χ1v) is 28.3. The lowest BCUT2D eigenvalue weighted by atomic mass is 9.98. The average Bonchev–Trinajstić information content (AvgIpc) is 3.87. The lowest BCUT2D eigenvalue weighted by Crippen LogP contribution is -2.48. The molecule has 6 aromatic rings. The first kappa shape index (κ1) is 60.5. The molecule has 1 fully saturated rings. The summed E-state index contributed by atoms with van der Waals surface area (Å²) in [6.45, 7) is -0.0792. The van der Waals surface area contributed by atoms with E-state index >= 15 is 0 Å². The van der Waals surface area contributed by atoms with Crippen LogP contribution in [0.25, 0.3) is 33.2 Å². The van der Waals surface area contributed by atoms with E-state index in [1.165, 1.54) is 55.4 Å². The summed E-state index contributed by atoms with van der Waals surface area (Å²) >= 11 is 0. The fourth-order valence-corrected chi connectivity index (χ4v) is 11.1. The maximum atomic E-state index is 14.5. The van der Waals surface area contributed by atoms with Gasteiger partial charge >= 0.3 is 6.16 Å². The summed E-state index contributed by atoms with van der Waals surface area (Å²) in [6, 6.07) is 14.8. The molecular formula is C52H50F4N10O12S3. The predicted molar refractivity (Wildman–Crippen MR) is 286 cm³/mol. The van der Waals surface area contributed by atoms with E-state index in [4.69, 9.17) is 14.2 Å². The third kappa shape index (κ3) is 16.5. The Labute approximate surface area is 467 Å². The second-order valence-corrected chi connectivity index (χ2v) is 22.1. The minimum absolute atomic E-state index is 0.0259. The molecule has 0 bridgehead atoms. The molecule has 0 spiro atoms. The number of carbonyl (C=O) groups excluding carboxylic acids is 5. The van der Waals surface area contributed by atoms with Crippen LogP contribution >= 0.6 is 21.6 Å². The highest BCUT2D eigenvalue weighted by Crippen LogP contribution is 2.35. The van der Waals surface area contributed by atoms with Crippen LogP contribution in [0.2, 0.25) is 0 Å². The lowest BCUT2D eigenvalue weighted by Gasteiger charge is -2.23. The number of nitriles is 1. The van der Waals surface area contributed by atoms with Crippen molar-refractivity contribution in [2.24, 2.45) is 0 Å². The Bertz CT molecular complexity index is 3460. The molecule has 1 saturated heterocycles. The highest BCUT2D eigenvalue weighted by Gasteiger charge is 2.48. The summed E-state index contributed by atoms with van der Waals surface area (Å²) in [6.07, 6.45) is 1.63. The van der Waals surface area contributed by atoms with Gasteiger partial charge in [0.2, 0.25) is 23.6 Å². The standard InChI is InChI=1S/C52H50F4N10O12S3/c1-29(49(70)66-28-52(55,56)21-37(66)22-57)63-47(69)31-11-13-58-36(17-31)25-61-45(67)9-10-46(68)64-43(50(71)72)27-80-79-16-15-77-51(73)78-26-35-6-3-32(23-60-35)38-12-14-59-41-7-4-30(18-39(38)41)33-19-42(48(76-2)62-24-33)65-81(74,75)44-8-5-34(53)20-40(44)54/h3-8,11-14,17-20,23-24,29,37,43,50,65,71-72H,9-10,15-16,21,25-28H2,1-2H3,(H,61,67)(H,63,69)(H,64,68)/t29-,37-,43?/m0/s1. The van der Waals surface area contributed by atoms with E-state index in [1.807, 2.05) is 6.07 Å². The molecule has 6 N–H and O–H groups in total. The van der Waals surface area contributed by atoms with Crippen LogP contribution in [-0.2, 0) is 47.0 Å². The van der Waals surface area contributed by atoms with E-state index in [9.17, 15) is 65.4 Å². The number of halogens is 4. The van der Waals surface area contributed by atoms with Crippen LogP contribution < -0.4 is 25.4 Å². The van der Waals surface area contributed by atoms with E-state index in [2.05, 4.69) is 40.6 Å². The number of aliphatic hydroxyl groups excluding tert-OH is 1. The minimum Gasteiger partial charge on any atom is -0.480 e. The Morgan fingerprint density at radius 3 is 2.35 bits per heavy atom. The number of nitrogens with one attached hydrogen (secondary N) is 4. The second kappa shape index (κ2) is 27.3. The zero-order valence-corrected chi connectivity index (χ0v) is 45.3. The molecule has 1 unspecified atom stereocenters. The van der Waals surface area contributed by atoms with Gasteiger partial charge in [-0.15, -0.1) is 0 Å². The number of amides is 4. The van der Waals surface area contributed by atoms with Crippen molar-refractivity contribution in [1.82, 2.24) is 40.8 Å². The van der Waals surface area contributed by atoms with Crippen LogP contribution in [-0.4, -0.2) is 135 Å². The van der Waals surface area contributed by atoms with Gasteiger partial charge < -0.3 is 45.3 Å². The predicted octanol–water partition coefficient (Wildman–Crippen LogP) is 5.65. The Morgan fingerprint density at radius 2 is 1.62 bits per heavy atom. The molecule has 2 aromatic carbocycles. The highest BCUT2D eigenvalue weighted by atomic mass is 33.1. The Hall–Kier alpha value is -8.17. The normalized spacial score (nSPS) is 14.6. The number of pyridine rings is 4. The van der Waals surface area contributed by atoms with E-state index in [1.54, 1.807) is 48.8 Å². The Kier molecular flexibility index (Phi) is 20.4. The number of alkyl halides is 2. The zero-order valence-electron chi connectivity index (χ0n) is 42.8. The van der Waals surface area contributed by atoms with Crippen molar-refractivity contribution in [2.75, 3.05) is 36.5 Å². The molecule has 0 radical (unpaired) electrons. The van der Waals surface area contributed by atoms with Gasteiger partial charge in [-0.05, 0) is 72.6 Å². The SMILES string of the molecule is COc1ncc(-c2ccc3nccc(-c4ccc(COC(=O)OCCSSCC(NC(=O)CCC(=O)NCc5cc(C(=O)N[C@@H](C)C(=O)N6CC(F)(F)C[C@H]6C#N)ccn5)C(O)O)nc4)c3c2)cc1NS(=O)(=O)c1ccc(F)cc1F. The maximum absolute atomic E-state index is 14.5. The van der Waals surface area contributed by atoms with Crippen LogP contribution in [0, 0.1) is 23.0 Å². The maximum Gasteiger partial charge on any atom is 0.508 e. The molecule has 3 atom stereocenters. The van der Waals surface area contributed by atoms with E-state index in [0.29, 0.717) is 39.4 Å². The molecule has 1 aliphatic rings. The summed E-state index contributed by atoms with van der Waals surface area (Å²) in [5.74, 6) is -8.05. The Morgan fingerprint density at radius 1 is 0.864 bits per heavy atom. The number of anilines is 1.